The molecule has 2 aromatic heterocycles. The van der Waals surface area contributed by atoms with E-state index in [1.165, 1.54) is 17.5 Å². The standard InChI is InChI=1S/C8H4ClNO2S/c9-6-3-4-5(13-6)1-2-10-7(4)8(11)12/h1-3H,(H,11,12). The molecule has 5 heteroatoms. The number of aromatic nitrogens is 1. The molecule has 0 amide bonds. The summed E-state index contributed by atoms with van der Waals surface area (Å²) in [6, 6.07) is 3.37. The monoisotopic (exact) mass is 213 g/mol. The summed E-state index contributed by atoms with van der Waals surface area (Å²) in [7, 11) is 0. The Kier molecular flexibility index (Phi) is 1.94. The summed E-state index contributed by atoms with van der Waals surface area (Å²) in [5.41, 5.74) is 0.0562. The Bertz CT molecular complexity index is 480. The average molecular weight is 214 g/mol. The van der Waals surface area contributed by atoms with Gasteiger partial charge in [0.15, 0.2) is 5.69 Å². The molecule has 2 aromatic rings. The van der Waals surface area contributed by atoms with E-state index in [2.05, 4.69) is 4.98 Å². The summed E-state index contributed by atoms with van der Waals surface area (Å²) in [5.74, 6) is -1.03. The fourth-order valence-electron chi connectivity index (χ4n) is 1.10. The van der Waals surface area contributed by atoms with E-state index in [0.717, 1.165) is 4.70 Å². The number of aromatic carboxylic acids is 1. The third-order valence-electron chi connectivity index (χ3n) is 1.62. The summed E-state index contributed by atoms with van der Waals surface area (Å²) in [4.78, 5) is 14.5. The van der Waals surface area contributed by atoms with Crippen molar-refractivity contribution in [3.63, 3.8) is 0 Å². The van der Waals surface area contributed by atoms with Gasteiger partial charge >= 0.3 is 5.97 Å². The Balaban J connectivity index is 2.82. The van der Waals surface area contributed by atoms with E-state index < -0.39 is 5.97 Å². The zero-order valence-electron chi connectivity index (χ0n) is 6.32. The SMILES string of the molecule is O=C(O)c1nccc2sc(Cl)cc12. The van der Waals surface area contributed by atoms with Crippen molar-refractivity contribution in [3.05, 3.63) is 28.4 Å². The first-order valence-corrected chi connectivity index (χ1v) is 4.65. The van der Waals surface area contributed by atoms with Crippen LogP contribution in [0.15, 0.2) is 18.3 Å². The molecule has 0 bridgehead atoms. The molecule has 0 aromatic carbocycles. The molecule has 0 aliphatic carbocycles. The number of carbonyl (C=O) groups is 1. The molecule has 0 saturated heterocycles. The third kappa shape index (κ3) is 1.38. The number of nitrogens with zero attached hydrogens (tertiary/aromatic N) is 1. The lowest BCUT2D eigenvalue weighted by atomic mass is 10.2. The highest BCUT2D eigenvalue weighted by Gasteiger charge is 2.11. The molecule has 2 rings (SSSR count). The molecular weight excluding hydrogens is 210 g/mol. The fourth-order valence-corrected chi connectivity index (χ4v) is 2.24. The Morgan fingerprint density at radius 3 is 3.08 bits per heavy atom. The zero-order chi connectivity index (χ0) is 9.42. The van der Waals surface area contributed by atoms with Crippen LogP contribution in [0.5, 0.6) is 0 Å². The molecule has 0 radical (unpaired) electrons. The predicted octanol–water partition coefficient (Wildman–Crippen LogP) is 2.65. The van der Waals surface area contributed by atoms with Crippen molar-refractivity contribution >= 4 is 39.0 Å². The number of hydrogen-bond donors (Lipinski definition) is 1. The van der Waals surface area contributed by atoms with Crippen LogP contribution in [-0.2, 0) is 0 Å². The fraction of sp³-hybridized carbons (Fsp3) is 0. The second kappa shape index (κ2) is 2.97. The second-order valence-electron chi connectivity index (χ2n) is 2.43. The van der Waals surface area contributed by atoms with Gasteiger partial charge in [-0.05, 0) is 12.1 Å². The quantitative estimate of drug-likeness (QED) is 0.792. The number of rotatable bonds is 1. The topological polar surface area (TPSA) is 50.2 Å². The van der Waals surface area contributed by atoms with E-state index in [4.69, 9.17) is 16.7 Å². The van der Waals surface area contributed by atoms with Crippen LogP contribution in [0.4, 0.5) is 0 Å². The molecular formula is C8H4ClNO2S. The maximum atomic E-state index is 10.7. The normalized spacial score (nSPS) is 10.5. The lowest BCUT2D eigenvalue weighted by molar-refractivity contribution is 0.0693. The number of carboxylic acids is 1. The van der Waals surface area contributed by atoms with Gasteiger partial charge < -0.3 is 5.11 Å². The van der Waals surface area contributed by atoms with E-state index in [1.807, 2.05) is 0 Å². The largest absolute Gasteiger partial charge is 0.476 e. The molecule has 0 atom stereocenters. The molecule has 0 spiro atoms. The molecule has 0 unspecified atom stereocenters. The first-order chi connectivity index (χ1) is 6.18. The average Bonchev–Trinajstić information content (AvgIpc) is 2.43. The van der Waals surface area contributed by atoms with E-state index in [1.54, 1.807) is 12.1 Å². The Morgan fingerprint density at radius 2 is 2.38 bits per heavy atom. The Morgan fingerprint density at radius 1 is 1.62 bits per heavy atom. The van der Waals surface area contributed by atoms with Gasteiger partial charge in [-0.3, -0.25) is 0 Å². The number of fused-ring (bicyclic) bond motifs is 1. The summed E-state index contributed by atoms with van der Waals surface area (Å²) in [6.07, 6.45) is 1.47. The third-order valence-corrected chi connectivity index (χ3v) is 2.85. The summed E-state index contributed by atoms with van der Waals surface area (Å²) in [5, 5.41) is 9.39. The van der Waals surface area contributed by atoms with Crippen LogP contribution in [0.25, 0.3) is 10.1 Å². The van der Waals surface area contributed by atoms with Gasteiger partial charge in [0.05, 0.1) is 4.34 Å². The van der Waals surface area contributed by atoms with E-state index in [-0.39, 0.29) is 5.69 Å². The number of thiophene rings is 1. The number of hydrogen-bond acceptors (Lipinski definition) is 3. The minimum Gasteiger partial charge on any atom is -0.476 e. The minimum atomic E-state index is -1.03. The smallest absolute Gasteiger partial charge is 0.355 e. The lowest BCUT2D eigenvalue weighted by Gasteiger charge is -1.93. The van der Waals surface area contributed by atoms with Crippen LogP contribution in [0.1, 0.15) is 10.5 Å². The first kappa shape index (κ1) is 8.47. The first-order valence-electron chi connectivity index (χ1n) is 3.46. The highest BCUT2D eigenvalue weighted by Crippen LogP contribution is 2.30. The van der Waals surface area contributed by atoms with Gasteiger partial charge in [0.25, 0.3) is 0 Å². The summed E-state index contributed by atoms with van der Waals surface area (Å²) < 4.78 is 1.42. The molecule has 1 N–H and O–H groups in total. The van der Waals surface area contributed by atoms with Gasteiger partial charge in [0.1, 0.15) is 0 Å². The van der Waals surface area contributed by atoms with Crippen molar-refractivity contribution < 1.29 is 9.90 Å². The van der Waals surface area contributed by atoms with Gasteiger partial charge in [-0.15, -0.1) is 11.3 Å². The lowest BCUT2D eigenvalue weighted by Crippen LogP contribution is -1.99. The minimum absolute atomic E-state index is 0.0562. The van der Waals surface area contributed by atoms with Gasteiger partial charge in [-0.2, -0.15) is 0 Å². The molecule has 3 nitrogen and oxygen atoms in total. The molecule has 66 valence electrons. The van der Waals surface area contributed by atoms with Crippen LogP contribution in [-0.4, -0.2) is 16.1 Å². The van der Waals surface area contributed by atoms with Gasteiger partial charge in [-0.1, -0.05) is 11.6 Å². The Hall–Kier alpha value is -1.13. The van der Waals surface area contributed by atoms with Crippen LogP contribution in [0.2, 0.25) is 4.34 Å². The van der Waals surface area contributed by atoms with E-state index >= 15 is 0 Å². The molecule has 13 heavy (non-hydrogen) atoms. The summed E-state index contributed by atoms with van der Waals surface area (Å²) in [6.45, 7) is 0. The van der Waals surface area contributed by atoms with Crippen LogP contribution in [0.3, 0.4) is 0 Å². The van der Waals surface area contributed by atoms with Crippen molar-refractivity contribution in [1.29, 1.82) is 0 Å². The van der Waals surface area contributed by atoms with Crippen molar-refractivity contribution in [2.75, 3.05) is 0 Å². The van der Waals surface area contributed by atoms with Gasteiger partial charge in [-0.25, -0.2) is 9.78 Å². The second-order valence-corrected chi connectivity index (χ2v) is 4.14. The number of pyridine rings is 1. The van der Waals surface area contributed by atoms with Crippen LogP contribution >= 0.6 is 22.9 Å². The maximum absolute atomic E-state index is 10.7. The number of halogens is 1. The number of carboxylic acid groups (broad SMARTS) is 1. The summed E-state index contributed by atoms with van der Waals surface area (Å²) >= 11 is 7.10. The highest BCUT2D eigenvalue weighted by molar-refractivity contribution is 7.22. The van der Waals surface area contributed by atoms with Crippen molar-refractivity contribution in [1.82, 2.24) is 4.98 Å². The van der Waals surface area contributed by atoms with E-state index in [9.17, 15) is 4.79 Å². The molecule has 0 saturated carbocycles. The Labute approximate surface area is 82.6 Å². The van der Waals surface area contributed by atoms with Crippen molar-refractivity contribution in [3.8, 4) is 0 Å². The zero-order valence-corrected chi connectivity index (χ0v) is 7.89. The molecule has 0 aliphatic rings. The highest BCUT2D eigenvalue weighted by atomic mass is 35.5. The molecule has 0 aliphatic heterocycles. The van der Waals surface area contributed by atoms with Crippen LogP contribution in [0, 0.1) is 0 Å². The van der Waals surface area contributed by atoms with Crippen LogP contribution < -0.4 is 0 Å². The van der Waals surface area contributed by atoms with Crippen molar-refractivity contribution in [2.24, 2.45) is 0 Å². The van der Waals surface area contributed by atoms with Crippen molar-refractivity contribution in [2.45, 2.75) is 0 Å². The maximum Gasteiger partial charge on any atom is 0.355 e. The molecule has 2 heterocycles. The molecule has 0 fully saturated rings. The van der Waals surface area contributed by atoms with Gasteiger partial charge in [0, 0.05) is 16.3 Å². The predicted molar refractivity (Wildman–Crippen MR) is 51.6 cm³/mol. The van der Waals surface area contributed by atoms with E-state index in [0.29, 0.717) is 9.72 Å². The van der Waals surface area contributed by atoms with Gasteiger partial charge in [0.2, 0.25) is 0 Å².